The van der Waals surface area contributed by atoms with Crippen LogP contribution in [0, 0.1) is 11.2 Å². The van der Waals surface area contributed by atoms with E-state index in [2.05, 4.69) is 10.4 Å². The average Bonchev–Trinajstić information content (AvgIpc) is 3.08. The van der Waals surface area contributed by atoms with Crippen molar-refractivity contribution in [1.82, 2.24) is 15.1 Å². The zero-order chi connectivity index (χ0) is 17.2. The topological polar surface area (TPSA) is 56.1 Å². The fourth-order valence-electron chi connectivity index (χ4n) is 2.96. The minimum atomic E-state index is -0.365. The summed E-state index contributed by atoms with van der Waals surface area (Å²) in [6.07, 6.45) is 5.79. The van der Waals surface area contributed by atoms with Crippen LogP contribution in [-0.4, -0.2) is 29.4 Å². The predicted octanol–water partition coefficient (Wildman–Crippen LogP) is 3.01. The van der Waals surface area contributed by atoms with Gasteiger partial charge in [-0.3, -0.25) is 4.79 Å². The number of nitrogens with zero attached hydrogens (tertiary/aromatic N) is 2. The van der Waals surface area contributed by atoms with Crippen molar-refractivity contribution in [1.29, 1.82) is 0 Å². The third kappa shape index (κ3) is 3.64. The molecule has 3 rings (SSSR count). The summed E-state index contributed by atoms with van der Waals surface area (Å²) in [6, 6.07) is 6.42. The molecule has 0 aliphatic heterocycles. The first-order valence-electron chi connectivity index (χ1n) is 8.11. The monoisotopic (exact) mass is 331 g/mol. The molecule has 0 bridgehead atoms. The van der Waals surface area contributed by atoms with Crippen LogP contribution in [0.5, 0.6) is 0 Å². The van der Waals surface area contributed by atoms with Crippen LogP contribution in [0.1, 0.15) is 37.8 Å². The second kappa shape index (κ2) is 6.73. The Hall–Kier alpha value is -2.21. The maximum Gasteiger partial charge on any atom is 0.221 e. The van der Waals surface area contributed by atoms with Crippen molar-refractivity contribution in [3.63, 3.8) is 0 Å². The largest absolute Gasteiger partial charge is 0.384 e. The number of hydrogen-bond acceptors (Lipinski definition) is 3. The van der Waals surface area contributed by atoms with Gasteiger partial charge in [0.05, 0.1) is 12.6 Å². The molecule has 2 aromatic rings. The van der Waals surface area contributed by atoms with Gasteiger partial charge < -0.3 is 10.1 Å². The molecule has 128 valence electrons. The molecule has 0 radical (unpaired) electrons. The van der Waals surface area contributed by atoms with Crippen molar-refractivity contribution in [2.45, 2.75) is 32.2 Å². The van der Waals surface area contributed by atoms with Gasteiger partial charge in [-0.1, -0.05) is 6.07 Å². The van der Waals surface area contributed by atoms with E-state index in [1.165, 1.54) is 10.7 Å². The summed E-state index contributed by atoms with van der Waals surface area (Å²) in [7, 11) is 1.66. The zero-order valence-electron chi connectivity index (χ0n) is 14.0. The first-order valence-corrected chi connectivity index (χ1v) is 8.11. The molecule has 24 heavy (non-hydrogen) atoms. The van der Waals surface area contributed by atoms with Crippen LogP contribution in [0.3, 0.4) is 0 Å². The standard InChI is InChI=1S/C18H22FN3O2/c1-13(21-17(23)11-18(6-7-18)12-24-2)14-4-5-16(15(19)10-14)22-9-3-8-20-22/h3-5,8-10,13H,6-7,11-12H2,1-2H3,(H,21,23)/t13-/m1/s1. The van der Waals surface area contributed by atoms with Gasteiger partial charge in [-0.05, 0) is 43.5 Å². The molecule has 1 heterocycles. The van der Waals surface area contributed by atoms with E-state index in [0.717, 1.165) is 18.4 Å². The lowest BCUT2D eigenvalue weighted by atomic mass is 10.0. The molecule has 1 atom stereocenters. The minimum Gasteiger partial charge on any atom is -0.384 e. The summed E-state index contributed by atoms with van der Waals surface area (Å²) in [5.41, 5.74) is 1.13. The summed E-state index contributed by atoms with van der Waals surface area (Å²) in [5.74, 6) is -0.385. The third-order valence-electron chi connectivity index (χ3n) is 4.54. The van der Waals surface area contributed by atoms with Gasteiger partial charge in [0.25, 0.3) is 0 Å². The number of methoxy groups -OCH3 is 1. The number of carbonyl (C=O) groups is 1. The number of nitrogens with one attached hydrogen (secondary N) is 1. The van der Waals surface area contributed by atoms with Crippen molar-refractivity contribution < 1.29 is 13.9 Å². The normalized spacial score (nSPS) is 16.6. The van der Waals surface area contributed by atoms with Crippen molar-refractivity contribution >= 4 is 5.91 Å². The number of hydrogen-bond donors (Lipinski definition) is 1. The predicted molar refractivity (Wildman–Crippen MR) is 88.2 cm³/mol. The van der Waals surface area contributed by atoms with E-state index in [1.54, 1.807) is 31.6 Å². The molecule has 1 aromatic heterocycles. The van der Waals surface area contributed by atoms with E-state index in [9.17, 15) is 9.18 Å². The second-order valence-electron chi connectivity index (χ2n) is 6.56. The van der Waals surface area contributed by atoms with Crippen LogP contribution in [0.2, 0.25) is 0 Å². The molecule has 5 nitrogen and oxygen atoms in total. The molecule has 6 heteroatoms. The van der Waals surface area contributed by atoms with E-state index >= 15 is 0 Å². The fraction of sp³-hybridized carbons (Fsp3) is 0.444. The molecule has 1 saturated carbocycles. The first-order chi connectivity index (χ1) is 11.5. The highest BCUT2D eigenvalue weighted by atomic mass is 19.1. The van der Waals surface area contributed by atoms with Crippen molar-refractivity contribution in [3.05, 3.63) is 48.0 Å². The minimum absolute atomic E-state index is 0.00769. The van der Waals surface area contributed by atoms with Gasteiger partial charge in [-0.25, -0.2) is 9.07 Å². The van der Waals surface area contributed by atoms with Gasteiger partial charge in [0.1, 0.15) is 11.5 Å². The molecule has 1 amide bonds. The van der Waals surface area contributed by atoms with Crippen LogP contribution in [0.15, 0.2) is 36.7 Å². The van der Waals surface area contributed by atoms with Crippen LogP contribution in [0.25, 0.3) is 5.69 Å². The number of halogens is 1. The Kier molecular flexibility index (Phi) is 4.66. The van der Waals surface area contributed by atoms with Crippen molar-refractivity contribution in [2.75, 3.05) is 13.7 Å². The molecule has 1 aromatic carbocycles. The van der Waals surface area contributed by atoms with Crippen LogP contribution >= 0.6 is 0 Å². The molecule has 0 unspecified atom stereocenters. The summed E-state index contributed by atoms with van der Waals surface area (Å²) < 4.78 is 21.0. The van der Waals surface area contributed by atoms with Gasteiger partial charge >= 0.3 is 0 Å². The SMILES string of the molecule is COCC1(CC(=O)N[C@H](C)c2ccc(-n3cccn3)c(F)c2)CC1. The maximum atomic E-state index is 14.3. The Balaban J connectivity index is 1.64. The second-order valence-corrected chi connectivity index (χ2v) is 6.56. The number of rotatable bonds is 7. The van der Waals surface area contributed by atoms with Crippen LogP contribution in [0.4, 0.5) is 4.39 Å². The van der Waals surface area contributed by atoms with Gasteiger partial charge in [0.2, 0.25) is 5.91 Å². The molecular formula is C18H22FN3O2. The van der Waals surface area contributed by atoms with E-state index in [0.29, 0.717) is 18.7 Å². The number of amides is 1. The highest BCUT2D eigenvalue weighted by molar-refractivity contribution is 5.77. The molecule has 1 N–H and O–H groups in total. The number of ether oxygens (including phenoxy) is 1. The summed E-state index contributed by atoms with van der Waals surface area (Å²) in [5, 5.41) is 6.98. The van der Waals surface area contributed by atoms with Gasteiger partial charge in [0, 0.05) is 31.3 Å². The Labute approximate surface area is 140 Å². The Morgan fingerprint density at radius 3 is 2.88 bits per heavy atom. The van der Waals surface area contributed by atoms with E-state index in [1.807, 2.05) is 13.0 Å². The first kappa shape index (κ1) is 16.6. The Morgan fingerprint density at radius 1 is 1.50 bits per heavy atom. The number of carbonyl (C=O) groups excluding carboxylic acids is 1. The number of benzene rings is 1. The number of aromatic nitrogens is 2. The highest BCUT2D eigenvalue weighted by Crippen LogP contribution is 2.48. The van der Waals surface area contributed by atoms with E-state index in [-0.39, 0.29) is 23.2 Å². The van der Waals surface area contributed by atoms with E-state index in [4.69, 9.17) is 4.74 Å². The lowest BCUT2D eigenvalue weighted by molar-refractivity contribution is -0.123. The van der Waals surface area contributed by atoms with Crippen LogP contribution in [-0.2, 0) is 9.53 Å². The van der Waals surface area contributed by atoms with Crippen LogP contribution < -0.4 is 5.32 Å². The smallest absolute Gasteiger partial charge is 0.221 e. The summed E-state index contributed by atoms with van der Waals surface area (Å²) in [4.78, 5) is 12.2. The highest BCUT2D eigenvalue weighted by Gasteiger charge is 2.44. The summed E-state index contributed by atoms with van der Waals surface area (Å²) >= 11 is 0. The maximum absolute atomic E-state index is 14.3. The molecule has 1 aliphatic carbocycles. The Bertz CT molecular complexity index is 711. The fourth-order valence-corrected chi connectivity index (χ4v) is 2.96. The van der Waals surface area contributed by atoms with Crippen molar-refractivity contribution in [2.24, 2.45) is 5.41 Å². The molecule has 1 aliphatic rings. The zero-order valence-corrected chi connectivity index (χ0v) is 14.0. The average molecular weight is 331 g/mol. The van der Waals surface area contributed by atoms with Gasteiger partial charge in [-0.2, -0.15) is 5.10 Å². The van der Waals surface area contributed by atoms with Gasteiger partial charge in [-0.15, -0.1) is 0 Å². The van der Waals surface area contributed by atoms with E-state index < -0.39 is 0 Å². The molecule has 0 saturated heterocycles. The third-order valence-corrected chi connectivity index (χ3v) is 4.54. The Morgan fingerprint density at radius 2 is 2.29 bits per heavy atom. The quantitative estimate of drug-likeness (QED) is 0.848. The molecule has 1 fully saturated rings. The lowest BCUT2D eigenvalue weighted by Crippen LogP contribution is -2.30. The van der Waals surface area contributed by atoms with Gasteiger partial charge in [0.15, 0.2) is 0 Å². The molecule has 0 spiro atoms. The summed E-state index contributed by atoms with van der Waals surface area (Å²) in [6.45, 7) is 2.47. The lowest BCUT2D eigenvalue weighted by Gasteiger charge is -2.18. The molecular weight excluding hydrogens is 309 g/mol. The van der Waals surface area contributed by atoms with Crippen molar-refractivity contribution in [3.8, 4) is 5.69 Å².